The van der Waals surface area contributed by atoms with Crippen molar-refractivity contribution in [1.29, 1.82) is 0 Å². The van der Waals surface area contributed by atoms with E-state index in [1.54, 1.807) is 54.6 Å². The van der Waals surface area contributed by atoms with Crippen molar-refractivity contribution in [1.82, 2.24) is 9.97 Å². The number of ether oxygens (including phenoxy) is 2. The van der Waals surface area contributed by atoms with E-state index in [1.165, 1.54) is 19.1 Å². The molecule has 1 aromatic heterocycles. The molecule has 0 spiro atoms. The number of benzene rings is 3. The van der Waals surface area contributed by atoms with Crippen LogP contribution in [0.5, 0.6) is 5.75 Å². The summed E-state index contributed by atoms with van der Waals surface area (Å²) in [7, 11) is 2.78. The number of aromatic amines is 1. The van der Waals surface area contributed by atoms with E-state index >= 15 is 0 Å². The highest BCUT2D eigenvalue weighted by molar-refractivity contribution is 6.13. The van der Waals surface area contributed by atoms with Gasteiger partial charge in [-0.25, -0.2) is 9.78 Å². The molecule has 9 heteroatoms. The number of fused-ring (bicyclic) bond motifs is 2. The molecule has 2 amide bonds. The third kappa shape index (κ3) is 3.17. The SMILES string of the molecule is COC(=O)Nc1nc2ccc(C3(O)c4ccccc4C(=O)N3c3cc(C)ccc3OC)cc2[nH]1. The molecule has 0 saturated carbocycles. The Morgan fingerprint density at radius 3 is 2.68 bits per heavy atom. The van der Waals surface area contributed by atoms with Crippen LogP contribution in [0.15, 0.2) is 60.7 Å². The number of rotatable bonds is 4. The van der Waals surface area contributed by atoms with Crippen LogP contribution in [0.3, 0.4) is 0 Å². The van der Waals surface area contributed by atoms with Gasteiger partial charge in [-0.3, -0.25) is 15.0 Å². The summed E-state index contributed by atoms with van der Waals surface area (Å²) >= 11 is 0. The lowest BCUT2D eigenvalue weighted by Crippen LogP contribution is -2.45. The van der Waals surface area contributed by atoms with Gasteiger partial charge in [0, 0.05) is 16.7 Å². The molecular weight excluding hydrogens is 436 g/mol. The van der Waals surface area contributed by atoms with Crippen molar-refractivity contribution in [2.75, 3.05) is 24.4 Å². The lowest BCUT2D eigenvalue weighted by atomic mass is 9.93. The molecule has 172 valence electrons. The fraction of sp³-hybridized carbons (Fsp3) is 0.160. The number of hydrogen-bond donors (Lipinski definition) is 3. The lowest BCUT2D eigenvalue weighted by Gasteiger charge is -2.35. The summed E-state index contributed by atoms with van der Waals surface area (Å²) in [6.45, 7) is 1.90. The first-order valence-electron chi connectivity index (χ1n) is 10.5. The Kier molecular flexibility index (Phi) is 4.98. The number of carbonyl (C=O) groups is 2. The first-order valence-corrected chi connectivity index (χ1v) is 10.5. The number of hydrogen-bond acceptors (Lipinski definition) is 6. The zero-order valence-corrected chi connectivity index (χ0v) is 18.7. The second-order valence-electron chi connectivity index (χ2n) is 7.97. The van der Waals surface area contributed by atoms with Crippen molar-refractivity contribution in [3.05, 3.63) is 82.9 Å². The number of aromatic nitrogens is 2. The number of carbonyl (C=O) groups excluding carboxylic acids is 2. The molecule has 5 rings (SSSR count). The Labute approximate surface area is 194 Å². The van der Waals surface area contributed by atoms with E-state index in [1.807, 2.05) is 13.0 Å². The smallest absolute Gasteiger partial charge is 0.413 e. The highest BCUT2D eigenvalue weighted by atomic mass is 16.5. The minimum Gasteiger partial charge on any atom is -0.495 e. The topological polar surface area (TPSA) is 117 Å². The maximum Gasteiger partial charge on any atom is 0.413 e. The second kappa shape index (κ2) is 7.89. The van der Waals surface area contributed by atoms with Gasteiger partial charge in [-0.2, -0.15) is 0 Å². The van der Waals surface area contributed by atoms with Crippen molar-refractivity contribution in [3.63, 3.8) is 0 Å². The van der Waals surface area contributed by atoms with E-state index in [0.717, 1.165) is 5.56 Å². The number of H-pyrrole nitrogens is 1. The van der Waals surface area contributed by atoms with Crippen molar-refractivity contribution >= 4 is 34.7 Å². The van der Waals surface area contributed by atoms with Crippen molar-refractivity contribution in [2.45, 2.75) is 12.6 Å². The van der Waals surface area contributed by atoms with E-state index in [4.69, 9.17) is 4.74 Å². The summed E-state index contributed by atoms with van der Waals surface area (Å²) in [5, 5.41) is 14.8. The zero-order valence-electron chi connectivity index (χ0n) is 18.7. The molecule has 9 nitrogen and oxygen atoms in total. The summed E-state index contributed by atoms with van der Waals surface area (Å²) in [6, 6.07) is 17.5. The second-order valence-corrected chi connectivity index (χ2v) is 7.97. The number of anilines is 2. The van der Waals surface area contributed by atoms with Gasteiger partial charge in [0.05, 0.1) is 30.9 Å². The van der Waals surface area contributed by atoms with Gasteiger partial charge >= 0.3 is 6.09 Å². The summed E-state index contributed by atoms with van der Waals surface area (Å²) in [4.78, 5) is 33.8. The van der Waals surface area contributed by atoms with Crippen molar-refractivity contribution in [3.8, 4) is 5.75 Å². The lowest BCUT2D eigenvalue weighted by molar-refractivity contribution is 0.0700. The van der Waals surface area contributed by atoms with Gasteiger partial charge in [-0.05, 0) is 42.8 Å². The maximum absolute atomic E-state index is 13.6. The van der Waals surface area contributed by atoms with Gasteiger partial charge in [-0.1, -0.05) is 30.3 Å². The van der Waals surface area contributed by atoms with Crippen LogP contribution in [0.4, 0.5) is 16.4 Å². The first-order chi connectivity index (χ1) is 16.4. The third-order valence-electron chi connectivity index (χ3n) is 5.93. The minimum atomic E-state index is -1.82. The fourth-order valence-corrected chi connectivity index (χ4v) is 4.34. The number of aryl methyl sites for hydroxylation is 1. The van der Waals surface area contributed by atoms with Crippen LogP contribution < -0.4 is 15.0 Å². The minimum absolute atomic E-state index is 0.200. The molecule has 1 unspecified atom stereocenters. The van der Waals surface area contributed by atoms with Crippen LogP contribution >= 0.6 is 0 Å². The molecule has 1 aliphatic rings. The molecular formula is C25H22N4O5. The number of nitrogens with zero attached hydrogens (tertiary/aromatic N) is 2. The monoisotopic (exact) mass is 458 g/mol. The molecule has 1 aliphatic heterocycles. The fourth-order valence-electron chi connectivity index (χ4n) is 4.34. The van der Waals surface area contributed by atoms with E-state index < -0.39 is 11.8 Å². The Morgan fingerprint density at radius 1 is 1.12 bits per heavy atom. The summed E-state index contributed by atoms with van der Waals surface area (Å²) in [5.41, 5.74) is 1.95. The van der Waals surface area contributed by atoms with Crippen LogP contribution in [0, 0.1) is 6.92 Å². The standard InChI is InChI=1S/C25H22N4O5/c1-14-8-11-21(33-2)20(12-14)29-22(30)16-6-4-5-7-17(16)25(29,32)15-9-10-18-19(13-15)27-23(26-18)28-24(31)34-3/h4-13,32H,1-3H3,(H2,26,27,28,31). The zero-order chi connectivity index (χ0) is 24.0. The molecule has 3 N–H and O–H groups in total. The normalized spacial score (nSPS) is 17.1. The Morgan fingerprint density at radius 2 is 1.91 bits per heavy atom. The van der Waals surface area contributed by atoms with Crippen molar-refractivity contribution < 1.29 is 24.2 Å². The van der Waals surface area contributed by atoms with E-state index in [9.17, 15) is 14.7 Å². The number of methoxy groups -OCH3 is 2. The highest BCUT2D eigenvalue weighted by Crippen LogP contribution is 2.48. The Balaban J connectivity index is 1.71. The Hall–Kier alpha value is -4.37. The molecule has 34 heavy (non-hydrogen) atoms. The molecule has 0 radical (unpaired) electrons. The predicted octanol–water partition coefficient (Wildman–Crippen LogP) is 3.91. The quantitative estimate of drug-likeness (QED) is 0.427. The van der Waals surface area contributed by atoms with Gasteiger partial charge in [0.2, 0.25) is 5.95 Å². The van der Waals surface area contributed by atoms with E-state index in [2.05, 4.69) is 20.0 Å². The van der Waals surface area contributed by atoms with E-state index in [-0.39, 0.29) is 11.9 Å². The molecule has 0 saturated heterocycles. The number of imidazole rings is 1. The van der Waals surface area contributed by atoms with Gasteiger partial charge in [-0.15, -0.1) is 0 Å². The predicted molar refractivity (Wildman–Crippen MR) is 126 cm³/mol. The summed E-state index contributed by atoms with van der Waals surface area (Å²) < 4.78 is 10.1. The summed E-state index contributed by atoms with van der Waals surface area (Å²) in [5.74, 6) is 0.309. The average molecular weight is 458 g/mol. The molecule has 0 fully saturated rings. The van der Waals surface area contributed by atoms with Crippen molar-refractivity contribution in [2.24, 2.45) is 0 Å². The number of amides is 2. The van der Waals surface area contributed by atoms with Gasteiger partial charge in [0.25, 0.3) is 5.91 Å². The summed E-state index contributed by atoms with van der Waals surface area (Å²) in [6.07, 6.45) is -0.661. The van der Waals surface area contributed by atoms with Gasteiger partial charge < -0.3 is 19.6 Å². The average Bonchev–Trinajstić information content (AvgIpc) is 3.34. The number of aliphatic hydroxyl groups is 1. The molecule has 0 bridgehead atoms. The van der Waals surface area contributed by atoms with Crippen LogP contribution in [0.2, 0.25) is 0 Å². The van der Waals surface area contributed by atoms with Crippen LogP contribution in [0.25, 0.3) is 11.0 Å². The molecule has 4 aromatic rings. The highest BCUT2D eigenvalue weighted by Gasteiger charge is 2.51. The molecule has 0 aliphatic carbocycles. The molecule has 3 aromatic carbocycles. The number of nitrogens with one attached hydrogen (secondary N) is 2. The van der Waals surface area contributed by atoms with Gasteiger partial charge in [0.15, 0.2) is 5.72 Å². The van der Waals surface area contributed by atoms with Crippen LogP contribution in [-0.4, -0.2) is 41.3 Å². The maximum atomic E-state index is 13.6. The Bertz CT molecular complexity index is 1450. The largest absolute Gasteiger partial charge is 0.495 e. The van der Waals surface area contributed by atoms with E-state index in [0.29, 0.717) is 39.2 Å². The molecule has 2 heterocycles. The first kappa shape index (κ1) is 21.5. The van der Waals surface area contributed by atoms with Gasteiger partial charge in [0.1, 0.15) is 5.75 Å². The third-order valence-corrected chi connectivity index (χ3v) is 5.93. The van der Waals surface area contributed by atoms with Crippen LogP contribution in [-0.2, 0) is 10.5 Å². The van der Waals surface area contributed by atoms with Crippen LogP contribution in [0.1, 0.15) is 27.0 Å². The molecule has 1 atom stereocenters.